The maximum atomic E-state index is 12.1. The van der Waals surface area contributed by atoms with Crippen molar-refractivity contribution >= 4 is 58.2 Å². The van der Waals surface area contributed by atoms with Crippen LogP contribution >= 0.6 is 35.0 Å². The van der Waals surface area contributed by atoms with Gasteiger partial charge in [-0.05, 0) is 55.3 Å². The van der Waals surface area contributed by atoms with Crippen molar-refractivity contribution in [3.05, 3.63) is 52.5 Å². The number of amides is 2. The van der Waals surface area contributed by atoms with Crippen molar-refractivity contribution in [3.63, 3.8) is 0 Å². The summed E-state index contributed by atoms with van der Waals surface area (Å²) in [6, 6.07) is 12.4. The highest BCUT2D eigenvalue weighted by atomic mass is 35.5. The van der Waals surface area contributed by atoms with Crippen molar-refractivity contribution in [2.24, 2.45) is 5.92 Å². The van der Waals surface area contributed by atoms with Crippen molar-refractivity contribution in [1.29, 1.82) is 0 Å². The topological polar surface area (TPSA) is 58.2 Å². The van der Waals surface area contributed by atoms with Gasteiger partial charge < -0.3 is 10.6 Å². The third-order valence-electron chi connectivity index (χ3n) is 3.64. The smallest absolute Gasteiger partial charge is 0.234 e. The molecule has 0 unspecified atom stereocenters. The van der Waals surface area contributed by atoms with Crippen LogP contribution in [0.1, 0.15) is 12.8 Å². The molecule has 2 amide bonds. The van der Waals surface area contributed by atoms with Gasteiger partial charge in [-0.3, -0.25) is 9.59 Å². The Kier molecular flexibility index (Phi) is 5.89. The first-order valence-corrected chi connectivity index (χ1v) is 9.54. The van der Waals surface area contributed by atoms with E-state index in [1.165, 1.54) is 11.8 Å². The molecule has 0 aliphatic heterocycles. The number of thioether (sulfide) groups is 1. The SMILES string of the molecule is O=C(CSc1ccc(NC(=O)C2CC2)cc1)Nc1cc(Cl)ccc1Cl. The molecule has 3 rings (SSSR count). The third kappa shape index (κ3) is 5.39. The number of hydrogen-bond acceptors (Lipinski definition) is 3. The average molecular weight is 395 g/mol. The number of halogens is 2. The lowest BCUT2D eigenvalue weighted by molar-refractivity contribution is -0.117. The molecule has 2 aromatic rings. The van der Waals surface area contributed by atoms with Crippen molar-refractivity contribution in [3.8, 4) is 0 Å². The summed E-state index contributed by atoms with van der Waals surface area (Å²) in [5.41, 5.74) is 1.27. The number of benzene rings is 2. The molecular formula is C18H16Cl2N2O2S. The normalized spacial score (nSPS) is 13.4. The van der Waals surface area contributed by atoms with Crippen LogP contribution in [-0.2, 0) is 9.59 Å². The second-order valence-corrected chi connectivity index (χ2v) is 7.64. The van der Waals surface area contributed by atoms with Crippen LogP contribution in [0.5, 0.6) is 0 Å². The van der Waals surface area contributed by atoms with Crippen LogP contribution in [0.4, 0.5) is 11.4 Å². The van der Waals surface area contributed by atoms with Gasteiger partial charge in [-0.1, -0.05) is 23.2 Å². The minimum Gasteiger partial charge on any atom is -0.326 e. The molecule has 1 aliphatic carbocycles. The van der Waals surface area contributed by atoms with Crippen LogP contribution in [0, 0.1) is 5.92 Å². The van der Waals surface area contributed by atoms with Gasteiger partial charge in [-0.2, -0.15) is 0 Å². The van der Waals surface area contributed by atoms with Gasteiger partial charge >= 0.3 is 0 Å². The predicted octanol–water partition coefficient (Wildman–Crippen LogP) is 5.07. The maximum Gasteiger partial charge on any atom is 0.234 e. The average Bonchev–Trinajstić information content (AvgIpc) is 3.43. The van der Waals surface area contributed by atoms with Gasteiger partial charge in [0.05, 0.1) is 16.5 Å². The Morgan fingerprint density at radius 1 is 1.04 bits per heavy atom. The van der Waals surface area contributed by atoms with E-state index in [0.717, 1.165) is 23.4 Å². The van der Waals surface area contributed by atoms with E-state index in [-0.39, 0.29) is 23.5 Å². The van der Waals surface area contributed by atoms with Crippen molar-refractivity contribution < 1.29 is 9.59 Å². The zero-order chi connectivity index (χ0) is 17.8. The third-order valence-corrected chi connectivity index (χ3v) is 5.22. The fraction of sp³-hybridized carbons (Fsp3) is 0.222. The molecule has 0 radical (unpaired) electrons. The molecule has 25 heavy (non-hydrogen) atoms. The Morgan fingerprint density at radius 3 is 2.44 bits per heavy atom. The first kappa shape index (κ1) is 18.1. The van der Waals surface area contributed by atoms with E-state index in [9.17, 15) is 9.59 Å². The molecule has 0 saturated heterocycles. The molecule has 1 fully saturated rings. The summed E-state index contributed by atoms with van der Waals surface area (Å²) < 4.78 is 0. The fourth-order valence-corrected chi connectivity index (χ4v) is 3.19. The highest BCUT2D eigenvalue weighted by Gasteiger charge is 2.29. The predicted molar refractivity (Wildman–Crippen MR) is 104 cm³/mol. The fourth-order valence-electron chi connectivity index (χ4n) is 2.15. The molecule has 4 nitrogen and oxygen atoms in total. The number of rotatable bonds is 6. The van der Waals surface area contributed by atoms with Gasteiger partial charge in [0.15, 0.2) is 0 Å². The zero-order valence-electron chi connectivity index (χ0n) is 13.2. The molecule has 1 aliphatic rings. The summed E-state index contributed by atoms with van der Waals surface area (Å²) in [4.78, 5) is 24.7. The van der Waals surface area contributed by atoms with E-state index < -0.39 is 0 Å². The molecule has 0 spiro atoms. The van der Waals surface area contributed by atoms with Crippen LogP contribution in [0.3, 0.4) is 0 Å². The molecule has 1 saturated carbocycles. The highest BCUT2D eigenvalue weighted by Crippen LogP contribution is 2.30. The lowest BCUT2D eigenvalue weighted by atomic mass is 10.3. The summed E-state index contributed by atoms with van der Waals surface area (Å²) >= 11 is 13.3. The second-order valence-electron chi connectivity index (χ2n) is 5.75. The summed E-state index contributed by atoms with van der Waals surface area (Å²) in [7, 11) is 0. The quantitative estimate of drug-likeness (QED) is 0.672. The van der Waals surface area contributed by atoms with Crippen molar-refractivity contribution in [2.75, 3.05) is 16.4 Å². The van der Waals surface area contributed by atoms with Crippen LogP contribution < -0.4 is 10.6 Å². The van der Waals surface area contributed by atoms with Gasteiger partial charge in [-0.25, -0.2) is 0 Å². The molecule has 0 atom stereocenters. The van der Waals surface area contributed by atoms with Gasteiger partial charge in [0.25, 0.3) is 0 Å². The molecular weight excluding hydrogens is 379 g/mol. The minimum atomic E-state index is -0.166. The molecule has 0 bridgehead atoms. The van der Waals surface area contributed by atoms with Gasteiger partial charge in [0.2, 0.25) is 11.8 Å². The molecule has 0 heterocycles. The number of carbonyl (C=O) groups excluding carboxylic acids is 2. The minimum absolute atomic E-state index is 0.0816. The van der Waals surface area contributed by atoms with Gasteiger partial charge in [-0.15, -0.1) is 11.8 Å². The lowest BCUT2D eigenvalue weighted by Gasteiger charge is -2.08. The van der Waals surface area contributed by atoms with Crippen molar-refractivity contribution in [1.82, 2.24) is 0 Å². The Morgan fingerprint density at radius 2 is 1.76 bits per heavy atom. The molecule has 2 aromatic carbocycles. The lowest BCUT2D eigenvalue weighted by Crippen LogP contribution is -2.14. The molecule has 7 heteroatoms. The largest absolute Gasteiger partial charge is 0.326 e. The van der Waals surface area contributed by atoms with Crippen LogP contribution in [-0.4, -0.2) is 17.6 Å². The maximum absolute atomic E-state index is 12.1. The van der Waals surface area contributed by atoms with Gasteiger partial charge in [0.1, 0.15) is 0 Å². The number of nitrogens with one attached hydrogen (secondary N) is 2. The van der Waals surface area contributed by atoms with E-state index in [1.807, 2.05) is 24.3 Å². The summed E-state index contributed by atoms with van der Waals surface area (Å²) in [5.74, 6) is 0.339. The van der Waals surface area contributed by atoms with E-state index in [4.69, 9.17) is 23.2 Å². The van der Waals surface area contributed by atoms with Gasteiger partial charge in [0, 0.05) is 21.5 Å². The van der Waals surface area contributed by atoms with E-state index >= 15 is 0 Å². The highest BCUT2D eigenvalue weighted by molar-refractivity contribution is 8.00. The number of anilines is 2. The summed E-state index contributed by atoms with van der Waals surface area (Å²) in [6.45, 7) is 0. The Labute approximate surface area is 160 Å². The van der Waals surface area contributed by atoms with Crippen LogP contribution in [0.15, 0.2) is 47.4 Å². The number of hydrogen-bond donors (Lipinski definition) is 2. The molecule has 130 valence electrons. The Hall–Kier alpha value is -1.69. The summed E-state index contributed by atoms with van der Waals surface area (Å²) in [5, 5.41) is 6.58. The van der Waals surface area contributed by atoms with E-state index in [2.05, 4.69) is 10.6 Å². The van der Waals surface area contributed by atoms with E-state index in [0.29, 0.717) is 15.7 Å². The summed E-state index contributed by atoms with van der Waals surface area (Å²) in [6.07, 6.45) is 1.96. The first-order chi connectivity index (χ1) is 12.0. The standard InChI is InChI=1S/C18H16Cl2N2O2S/c19-12-3-8-15(20)16(9-12)22-17(23)10-25-14-6-4-13(5-7-14)21-18(24)11-1-2-11/h3-9,11H,1-2,10H2,(H,21,24)(H,22,23). The first-order valence-electron chi connectivity index (χ1n) is 7.80. The van der Waals surface area contributed by atoms with Crippen LogP contribution in [0.25, 0.3) is 0 Å². The Balaban J connectivity index is 1.49. The van der Waals surface area contributed by atoms with E-state index in [1.54, 1.807) is 18.2 Å². The van der Waals surface area contributed by atoms with Crippen LogP contribution in [0.2, 0.25) is 10.0 Å². The molecule has 2 N–H and O–H groups in total. The monoisotopic (exact) mass is 394 g/mol. The molecule has 0 aromatic heterocycles. The Bertz CT molecular complexity index is 792. The second kappa shape index (κ2) is 8.13. The van der Waals surface area contributed by atoms with Crippen molar-refractivity contribution in [2.45, 2.75) is 17.7 Å². The number of carbonyl (C=O) groups is 2. The zero-order valence-corrected chi connectivity index (χ0v) is 15.5.